The van der Waals surface area contributed by atoms with E-state index in [0.29, 0.717) is 0 Å². The second kappa shape index (κ2) is 7.90. The Morgan fingerprint density at radius 1 is 1.24 bits per heavy atom. The molecule has 0 amide bonds. The smallest absolute Gasteiger partial charge is 0.166 e. The molecule has 3 rings (SSSR count). The molecule has 2 aliphatic rings. The third-order valence-corrected chi connectivity index (χ3v) is 6.30. The van der Waals surface area contributed by atoms with Gasteiger partial charge in [0.15, 0.2) is 5.78 Å². The molecule has 1 fully saturated rings. The number of carbonyl (C=O) groups is 1. The molecule has 3 nitrogen and oxygen atoms in total. The van der Waals surface area contributed by atoms with Crippen LogP contribution in [0.2, 0.25) is 0 Å². The van der Waals surface area contributed by atoms with Gasteiger partial charge in [0.1, 0.15) is 0 Å². The first-order chi connectivity index (χ1) is 12.1. The normalized spacial score (nSPS) is 28.0. The maximum absolute atomic E-state index is 13.1. The predicted octanol–water partition coefficient (Wildman–Crippen LogP) is 4.06. The Bertz CT molecular complexity index is 661. The zero-order chi connectivity index (χ0) is 17.9. The Kier molecular flexibility index (Phi) is 5.82. The minimum Gasteiger partial charge on any atom is -0.379 e. The van der Waals surface area contributed by atoms with Crippen LogP contribution in [-0.4, -0.2) is 48.8 Å². The van der Waals surface area contributed by atoms with Crippen LogP contribution in [-0.2, 0) is 4.74 Å². The fourth-order valence-electron chi connectivity index (χ4n) is 3.96. The molecule has 0 N–H and O–H groups in total. The summed E-state index contributed by atoms with van der Waals surface area (Å²) in [6, 6.07) is 7.98. The van der Waals surface area contributed by atoms with E-state index in [2.05, 4.69) is 43.1 Å². The van der Waals surface area contributed by atoms with Crippen LogP contribution in [0.4, 0.5) is 0 Å². The third kappa shape index (κ3) is 3.76. The van der Waals surface area contributed by atoms with Crippen molar-refractivity contribution < 1.29 is 9.53 Å². The Morgan fingerprint density at radius 3 is 2.56 bits per heavy atom. The number of rotatable bonds is 5. The van der Waals surface area contributed by atoms with Gasteiger partial charge in [-0.3, -0.25) is 9.69 Å². The highest BCUT2D eigenvalue weighted by Gasteiger charge is 2.42. The van der Waals surface area contributed by atoms with Crippen LogP contribution in [0.15, 0.2) is 53.5 Å². The molecule has 0 spiro atoms. The summed E-state index contributed by atoms with van der Waals surface area (Å²) in [5.41, 5.74) is 0.657. The summed E-state index contributed by atoms with van der Waals surface area (Å²) in [7, 11) is 0. The molecule has 1 heterocycles. The maximum atomic E-state index is 13.1. The number of carbonyl (C=O) groups excluding carboxylic acids is 1. The first kappa shape index (κ1) is 18.4. The lowest BCUT2D eigenvalue weighted by molar-refractivity contribution is -0.0192. The second-order valence-electron chi connectivity index (χ2n) is 6.98. The van der Waals surface area contributed by atoms with Crippen LogP contribution >= 0.6 is 11.8 Å². The Morgan fingerprint density at radius 2 is 1.92 bits per heavy atom. The molecule has 1 aliphatic carbocycles. The number of ether oxygens (including phenoxy) is 1. The predicted molar refractivity (Wildman–Crippen MR) is 104 cm³/mol. The molecule has 3 atom stereocenters. The topological polar surface area (TPSA) is 29.5 Å². The van der Waals surface area contributed by atoms with Crippen molar-refractivity contribution in [1.82, 2.24) is 4.90 Å². The largest absolute Gasteiger partial charge is 0.379 e. The molecule has 0 aromatic heterocycles. The molecule has 1 aromatic carbocycles. The van der Waals surface area contributed by atoms with Crippen molar-refractivity contribution >= 4 is 17.5 Å². The molecule has 0 saturated carbocycles. The van der Waals surface area contributed by atoms with Gasteiger partial charge in [-0.2, -0.15) is 0 Å². The van der Waals surface area contributed by atoms with Crippen LogP contribution in [0.5, 0.6) is 0 Å². The highest BCUT2D eigenvalue weighted by atomic mass is 32.2. The summed E-state index contributed by atoms with van der Waals surface area (Å²) < 4.78 is 5.52. The van der Waals surface area contributed by atoms with E-state index in [4.69, 9.17) is 4.74 Å². The zero-order valence-electron chi connectivity index (χ0n) is 15.3. The molecule has 25 heavy (non-hydrogen) atoms. The number of ketones is 1. The van der Waals surface area contributed by atoms with Crippen LogP contribution in [0.3, 0.4) is 0 Å². The molecule has 4 heteroatoms. The number of morpholine rings is 1. The summed E-state index contributed by atoms with van der Waals surface area (Å²) in [4.78, 5) is 16.7. The molecule has 134 valence electrons. The SMILES string of the molecule is CSc1ccc(C(=O)C(C)C2C=CC=CC2(C)N2CCOCC2)cc1. The van der Waals surface area contributed by atoms with Gasteiger partial charge in [0.2, 0.25) is 0 Å². The van der Waals surface area contributed by atoms with Gasteiger partial charge in [0.25, 0.3) is 0 Å². The van der Waals surface area contributed by atoms with Gasteiger partial charge in [0, 0.05) is 40.9 Å². The summed E-state index contributed by atoms with van der Waals surface area (Å²) in [5, 5.41) is 0. The van der Waals surface area contributed by atoms with E-state index in [1.54, 1.807) is 11.8 Å². The maximum Gasteiger partial charge on any atom is 0.166 e. The first-order valence-electron chi connectivity index (χ1n) is 8.93. The number of allylic oxidation sites excluding steroid dienone is 2. The van der Waals surface area contributed by atoms with Gasteiger partial charge < -0.3 is 4.74 Å². The van der Waals surface area contributed by atoms with Crippen LogP contribution in [0.25, 0.3) is 0 Å². The van der Waals surface area contributed by atoms with Crippen molar-refractivity contribution in [3.8, 4) is 0 Å². The molecule has 0 radical (unpaired) electrons. The van der Waals surface area contributed by atoms with Crippen molar-refractivity contribution in [2.45, 2.75) is 24.3 Å². The fourth-order valence-corrected chi connectivity index (χ4v) is 4.36. The summed E-state index contributed by atoms with van der Waals surface area (Å²) in [6.45, 7) is 7.67. The molecule has 1 aromatic rings. The third-order valence-electron chi connectivity index (χ3n) is 5.56. The van der Waals surface area contributed by atoms with E-state index in [-0.39, 0.29) is 23.2 Å². The van der Waals surface area contributed by atoms with Gasteiger partial charge in [-0.05, 0) is 25.3 Å². The molecule has 3 unspecified atom stereocenters. The lowest BCUT2D eigenvalue weighted by atomic mass is 9.71. The van der Waals surface area contributed by atoms with E-state index in [1.807, 2.05) is 30.5 Å². The van der Waals surface area contributed by atoms with Crippen LogP contribution in [0.1, 0.15) is 24.2 Å². The molecule has 1 saturated heterocycles. The lowest BCUT2D eigenvalue weighted by Gasteiger charge is -2.48. The molecular weight excluding hydrogens is 330 g/mol. The standard InChI is InChI=1S/C21H27NO2S/c1-16(20(23)17-7-9-18(25-3)10-8-17)19-6-4-5-11-21(19,2)22-12-14-24-15-13-22/h4-11,16,19H,12-15H2,1-3H3. The Hall–Kier alpha value is -1.36. The zero-order valence-corrected chi connectivity index (χ0v) is 16.1. The van der Waals surface area contributed by atoms with Gasteiger partial charge in [-0.25, -0.2) is 0 Å². The van der Waals surface area contributed by atoms with E-state index < -0.39 is 0 Å². The van der Waals surface area contributed by atoms with E-state index in [1.165, 1.54) is 4.90 Å². The number of benzene rings is 1. The highest BCUT2D eigenvalue weighted by molar-refractivity contribution is 7.98. The van der Waals surface area contributed by atoms with E-state index >= 15 is 0 Å². The van der Waals surface area contributed by atoms with E-state index in [0.717, 1.165) is 31.9 Å². The number of Topliss-reactive ketones (excluding diaryl/α,β-unsaturated/α-hetero) is 1. The van der Waals surface area contributed by atoms with Crippen molar-refractivity contribution in [3.63, 3.8) is 0 Å². The summed E-state index contributed by atoms with van der Waals surface area (Å²) in [6.07, 6.45) is 10.7. The monoisotopic (exact) mass is 357 g/mol. The minimum atomic E-state index is -0.146. The number of nitrogens with zero attached hydrogens (tertiary/aromatic N) is 1. The van der Waals surface area contributed by atoms with Crippen molar-refractivity contribution in [1.29, 1.82) is 0 Å². The highest BCUT2D eigenvalue weighted by Crippen LogP contribution is 2.37. The minimum absolute atomic E-state index is 0.0748. The van der Waals surface area contributed by atoms with Crippen molar-refractivity contribution in [2.24, 2.45) is 11.8 Å². The van der Waals surface area contributed by atoms with Gasteiger partial charge >= 0.3 is 0 Å². The lowest BCUT2D eigenvalue weighted by Crippen LogP contribution is -2.56. The van der Waals surface area contributed by atoms with Gasteiger partial charge in [-0.15, -0.1) is 11.8 Å². The second-order valence-corrected chi connectivity index (χ2v) is 7.86. The average molecular weight is 358 g/mol. The Balaban J connectivity index is 1.82. The number of hydrogen-bond acceptors (Lipinski definition) is 4. The van der Waals surface area contributed by atoms with Gasteiger partial charge in [0.05, 0.1) is 13.2 Å². The quantitative estimate of drug-likeness (QED) is 0.587. The Labute approximate surface area is 155 Å². The van der Waals surface area contributed by atoms with Crippen molar-refractivity contribution in [3.05, 3.63) is 54.1 Å². The first-order valence-corrected chi connectivity index (χ1v) is 10.2. The van der Waals surface area contributed by atoms with Crippen LogP contribution in [0, 0.1) is 11.8 Å². The van der Waals surface area contributed by atoms with Gasteiger partial charge in [-0.1, -0.05) is 43.4 Å². The fraction of sp³-hybridized carbons (Fsp3) is 0.476. The van der Waals surface area contributed by atoms with Crippen LogP contribution < -0.4 is 0 Å². The number of thioether (sulfide) groups is 1. The summed E-state index contributed by atoms with van der Waals surface area (Å²) >= 11 is 1.69. The van der Waals surface area contributed by atoms with Crippen molar-refractivity contribution in [2.75, 3.05) is 32.6 Å². The van der Waals surface area contributed by atoms with E-state index in [9.17, 15) is 4.79 Å². The molecule has 0 bridgehead atoms. The molecule has 1 aliphatic heterocycles. The average Bonchev–Trinajstić information content (AvgIpc) is 2.68. The summed E-state index contributed by atoms with van der Waals surface area (Å²) in [5.74, 6) is 0.301. The number of hydrogen-bond donors (Lipinski definition) is 0. The molecular formula is C21H27NO2S.